The van der Waals surface area contributed by atoms with E-state index in [1.165, 1.54) is 36.4 Å². The standard InChI is InChI=1S/C16H15F2O7PS/c17-12-4-6-13(7-5-12)24-14-8-9-15(18)11(10-14)2-1-3-16(25-26(19)20)27(21,22)23/h4-10,16H,1-3H2,(H-,19,20,21,22,23)/p+1. The second-order valence-electron chi connectivity index (χ2n) is 5.49. The summed E-state index contributed by atoms with van der Waals surface area (Å²) in [5.41, 5.74) is -1.68. The Bertz CT molecular complexity index is 903. The lowest BCUT2D eigenvalue weighted by Crippen LogP contribution is -2.21. The largest absolute Gasteiger partial charge is 0.696 e. The zero-order chi connectivity index (χ0) is 20.0. The molecule has 2 aromatic carbocycles. The molecular formula is C16H16F2O7PS+. The van der Waals surface area contributed by atoms with Crippen molar-refractivity contribution in [2.24, 2.45) is 0 Å². The van der Waals surface area contributed by atoms with Crippen LogP contribution in [0, 0.1) is 11.6 Å². The zero-order valence-electron chi connectivity index (χ0n) is 13.8. The summed E-state index contributed by atoms with van der Waals surface area (Å²) < 4.78 is 78.5. The average Bonchev–Trinajstić information content (AvgIpc) is 2.57. The highest BCUT2D eigenvalue weighted by molar-refractivity contribution is 7.86. The third-order valence-corrected chi connectivity index (χ3v) is 5.07. The molecule has 2 rings (SSSR count). The van der Waals surface area contributed by atoms with Gasteiger partial charge in [-0.25, -0.2) is 8.78 Å². The lowest BCUT2D eigenvalue weighted by Gasteiger charge is -2.10. The minimum atomic E-state index is -4.69. The van der Waals surface area contributed by atoms with Gasteiger partial charge in [-0.1, -0.05) is 4.52 Å². The van der Waals surface area contributed by atoms with Gasteiger partial charge in [-0.05, 0) is 67.3 Å². The maximum absolute atomic E-state index is 13.9. The Kier molecular flexibility index (Phi) is 7.34. The van der Waals surface area contributed by atoms with Crippen molar-refractivity contribution in [3.63, 3.8) is 0 Å². The van der Waals surface area contributed by atoms with Gasteiger partial charge in [-0.3, -0.25) is 4.55 Å². The molecule has 0 radical (unpaired) electrons. The summed E-state index contributed by atoms with van der Waals surface area (Å²) in [7, 11) is -7.92. The highest BCUT2D eigenvalue weighted by Gasteiger charge is 2.33. The molecule has 0 saturated heterocycles. The predicted molar refractivity (Wildman–Crippen MR) is 92.1 cm³/mol. The van der Waals surface area contributed by atoms with Crippen molar-refractivity contribution in [1.29, 1.82) is 0 Å². The average molecular weight is 421 g/mol. The van der Waals surface area contributed by atoms with Crippen LogP contribution < -0.4 is 4.74 Å². The zero-order valence-corrected chi connectivity index (χ0v) is 15.5. The van der Waals surface area contributed by atoms with Crippen LogP contribution >= 0.6 is 8.25 Å². The van der Waals surface area contributed by atoms with Gasteiger partial charge in [0.05, 0.1) is 0 Å². The molecule has 7 nitrogen and oxygen atoms in total. The number of halogens is 2. The Morgan fingerprint density at radius 1 is 1.07 bits per heavy atom. The van der Waals surface area contributed by atoms with Gasteiger partial charge >= 0.3 is 8.25 Å². The fourth-order valence-electron chi connectivity index (χ4n) is 2.26. The molecule has 2 N–H and O–H groups in total. The molecule has 27 heavy (non-hydrogen) atoms. The van der Waals surface area contributed by atoms with E-state index in [0.29, 0.717) is 11.5 Å². The second kappa shape index (κ2) is 9.29. The summed E-state index contributed by atoms with van der Waals surface area (Å²) in [6.45, 7) is 0. The number of aryl methyl sites for hydroxylation is 1. The fourth-order valence-corrected chi connectivity index (χ4v) is 3.69. The van der Waals surface area contributed by atoms with E-state index in [9.17, 15) is 21.8 Å². The topological polar surface area (TPSA) is 110 Å². The predicted octanol–water partition coefficient (Wildman–Crippen LogP) is 3.96. The van der Waals surface area contributed by atoms with Gasteiger partial charge in [-0.2, -0.15) is 8.42 Å². The van der Waals surface area contributed by atoms with Gasteiger partial charge in [0.1, 0.15) is 23.1 Å². The van der Waals surface area contributed by atoms with Gasteiger partial charge < -0.3 is 4.74 Å². The number of ether oxygens (including phenoxy) is 1. The molecule has 0 amide bonds. The van der Waals surface area contributed by atoms with Crippen molar-refractivity contribution in [2.45, 2.75) is 24.7 Å². The molecule has 0 saturated carbocycles. The maximum atomic E-state index is 13.9. The first-order chi connectivity index (χ1) is 12.6. The summed E-state index contributed by atoms with van der Waals surface area (Å²) in [4.78, 5) is 8.65. The summed E-state index contributed by atoms with van der Waals surface area (Å²) in [5.74, 6) is -0.346. The monoisotopic (exact) mass is 421 g/mol. The van der Waals surface area contributed by atoms with E-state index in [4.69, 9.17) is 14.2 Å². The highest BCUT2D eigenvalue weighted by Crippen LogP contribution is 2.27. The smallest absolute Gasteiger partial charge is 0.457 e. The van der Waals surface area contributed by atoms with Crippen LogP contribution in [-0.2, 0) is 25.6 Å². The van der Waals surface area contributed by atoms with Crippen LogP contribution in [0.1, 0.15) is 18.4 Å². The Morgan fingerprint density at radius 3 is 2.30 bits per heavy atom. The first-order valence-electron chi connectivity index (χ1n) is 7.66. The van der Waals surface area contributed by atoms with E-state index in [0.717, 1.165) is 6.07 Å². The summed E-state index contributed by atoms with van der Waals surface area (Å²) >= 11 is 0. The van der Waals surface area contributed by atoms with Crippen LogP contribution in [0.4, 0.5) is 8.78 Å². The van der Waals surface area contributed by atoms with Crippen molar-refractivity contribution >= 4 is 18.4 Å². The minimum Gasteiger partial charge on any atom is -0.457 e. The number of rotatable bonds is 9. The summed E-state index contributed by atoms with van der Waals surface area (Å²) in [6.07, 6.45) is -0.211. The SMILES string of the molecule is O=[P+](O)OC(CCCc1cc(Oc2ccc(F)cc2)ccc1F)S(=O)(=O)O. The van der Waals surface area contributed by atoms with E-state index in [1.807, 2.05) is 0 Å². The molecule has 11 heteroatoms. The van der Waals surface area contributed by atoms with E-state index in [1.54, 1.807) is 0 Å². The van der Waals surface area contributed by atoms with Crippen molar-refractivity contribution in [3.8, 4) is 11.5 Å². The molecule has 0 aromatic heterocycles. The van der Waals surface area contributed by atoms with Crippen LogP contribution in [0.15, 0.2) is 42.5 Å². The van der Waals surface area contributed by atoms with Gasteiger partial charge in [-0.15, -0.1) is 4.89 Å². The molecule has 146 valence electrons. The molecule has 2 atom stereocenters. The Morgan fingerprint density at radius 2 is 1.70 bits per heavy atom. The molecule has 2 aromatic rings. The first kappa shape index (κ1) is 21.3. The third kappa shape index (κ3) is 6.93. The number of hydrogen-bond donors (Lipinski definition) is 2. The first-order valence-corrected chi connectivity index (χ1v) is 10.3. The molecule has 2 unspecified atom stereocenters. The van der Waals surface area contributed by atoms with Crippen molar-refractivity contribution in [3.05, 3.63) is 59.7 Å². The minimum absolute atomic E-state index is 0.0462. The van der Waals surface area contributed by atoms with Crippen molar-refractivity contribution in [2.75, 3.05) is 0 Å². The van der Waals surface area contributed by atoms with Gasteiger partial charge in [0.25, 0.3) is 10.1 Å². The molecule has 0 spiro atoms. The number of benzene rings is 2. The molecule has 0 heterocycles. The molecule has 0 aliphatic carbocycles. The van der Waals surface area contributed by atoms with Crippen molar-refractivity contribution in [1.82, 2.24) is 0 Å². The molecule has 0 aliphatic heterocycles. The highest BCUT2D eigenvalue weighted by atomic mass is 32.2. The lowest BCUT2D eigenvalue weighted by molar-refractivity contribution is 0.225. The fraction of sp³-hybridized carbons (Fsp3) is 0.250. The third-order valence-electron chi connectivity index (χ3n) is 3.49. The van der Waals surface area contributed by atoms with Crippen LogP contribution in [0.3, 0.4) is 0 Å². The van der Waals surface area contributed by atoms with Gasteiger partial charge in [0.15, 0.2) is 0 Å². The van der Waals surface area contributed by atoms with Crippen LogP contribution in [0.25, 0.3) is 0 Å². The quantitative estimate of drug-likeness (QED) is 0.466. The molecular weight excluding hydrogens is 405 g/mol. The Balaban J connectivity index is 2.03. The van der Waals surface area contributed by atoms with Crippen LogP contribution in [-0.4, -0.2) is 23.3 Å². The summed E-state index contributed by atoms with van der Waals surface area (Å²) in [6, 6.07) is 9.17. The maximum Gasteiger partial charge on any atom is 0.696 e. The van der Waals surface area contributed by atoms with Crippen LogP contribution in [0.5, 0.6) is 11.5 Å². The molecule has 0 fully saturated rings. The molecule has 0 bridgehead atoms. The van der Waals surface area contributed by atoms with Gasteiger partial charge in [0, 0.05) is 4.57 Å². The Hall–Kier alpha value is -1.97. The van der Waals surface area contributed by atoms with E-state index in [-0.39, 0.29) is 24.8 Å². The van der Waals surface area contributed by atoms with Gasteiger partial charge in [0.2, 0.25) is 5.44 Å². The Labute approximate surface area is 155 Å². The van der Waals surface area contributed by atoms with E-state index >= 15 is 0 Å². The second-order valence-corrected chi connectivity index (χ2v) is 7.73. The van der Waals surface area contributed by atoms with Crippen LogP contribution in [0.2, 0.25) is 0 Å². The molecule has 0 aliphatic rings. The lowest BCUT2D eigenvalue weighted by atomic mass is 10.1. The van der Waals surface area contributed by atoms with E-state index < -0.39 is 35.4 Å². The van der Waals surface area contributed by atoms with Crippen molar-refractivity contribution < 1.29 is 40.5 Å². The summed E-state index contributed by atoms with van der Waals surface area (Å²) in [5, 5.41) is 0. The van der Waals surface area contributed by atoms with E-state index in [2.05, 4.69) is 4.52 Å². The normalized spacial score (nSPS) is 13.3. The number of hydrogen-bond acceptors (Lipinski definition) is 5.